The predicted molar refractivity (Wildman–Crippen MR) is 114 cm³/mol. The van der Waals surface area contributed by atoms with Crippen molar-refractivity contribution >= 4 is 44.1 Å². The van der Waals surface area contributed by atoms with E-state index in [2.05, 4.69) is 10.3 Å². The van der Waals surface area contributed by atoms with E-state index in [9.17, 15) is 13.5 Å². The molecule has 6 nitrogen and oxygen atoms in total. The summed E-state index contributed by atoms with van der Waals surface area (Å²) in [6.45, 7) is 3.74. The van der Waals surface area contributed by atoms with E-state index in [1.165, 1.54) is 27.0 Å². The van der Waals surface area contributed by atoms with Crippen LogP contribution in [0.2, 0.25) is 0 Å². The SMILES string of the molecule is CC(C)N(c1cccc2c1NC(c1ncc(CO)s1)C2)S(=O)(=O)c1cccs1. The zero-order valence-electron chi connectivity index (χ0n) is 15.5. The van der Waals surface area contributed by atoms with Gasteiger partial charge in [-0.2, -0.15) is 0 Å². The Balaban J connectivity index is 1.73. The minimum Gasteiger partial charge on any atom is -0.391 e. The van der Waals surface area contributed by atoms with Crippen LogP contribution in [0, 0.1) is 0 Å². The lowest BCUT2D eigenvalue weighted by Gasteiger charge is -2.29. The lowest BCUT2D eigenvalue weighted by molar-refractivity contribution is 0.285. The fourth-order valence-electron chi connectivity index (χ4n) is 3.45. The van der Waals surface area contributed by atoms with Crippen LogP contribution in [0.1, 0.15) is 35.3 Å². The van der Waals surface area contributed by atoms with Gasteiger partial charge in [0.2, 0.25) is 0 Å². The smallest absolute Gasteiger partial charge is 0.274 e. The molecule has 0 bridgehead atoms. The molecule has 1 atom stereocenters. The van der Waals surface area contributed by atoms with Gasteiger partial charge in [0.15, 0.2) is 0 Å². The minimum absolute atomic E-state index is 0.0250. The van der Waals surface area contributed by atoms with Gasteiger partial charge < -0.3 is 10.4 Å². The number of hydrogen-bond donors (Lipinski definition) is 2. The fraction of sp³-hybridized carbons (Fsp3) is 0.316. The van der Waals surface area contributed by atoms with Crippen molar-refractivity contribution in [3.05, 3.63) is 57.4 Å². The van der Waals surface area contributed by atoms with Gasteiger partial charge in [-0.3, -0.25) is 4.31 Å². The number of anilines is 2. The standard InChI is InChI=1S/C19H21N3O3S3/c1-12(2)22(28(24,25)17-7-4-8-26-17)16-6-3-5-13-9-15(21-18(13)16)19-20-10-14(11-23)27-19/h3-8,10,12,15,21,23H,9,11H2,1-2H3. The number of benzene rings is 1. The molecule has 0 fully saturated rings. The number of hydrogen-bond acceptors (Lipinski definition) is 7. The topological polar surface area (TPSA) is 82.5 Å². The lowest BCUT2D eigenvalue weighted by Crippen LogP contribution is -2.37. The first-order valence-corrected chi connectivity index (χ1v) is 12.1. The summed E-state index contributed by atoms with van der Waals surface area (Å²) in [5, 5.41) is 15.4. The molecule has 1 aromatic carbocycles. The third-order valence-electron chi connectivity index (χ3n) is 4.61. The Labute approximate surface area is 172 Å². The van der Waals surface area contributed by atoms with Crippen LogP contribution in [0.3, 0.4) is 0 Å². The summed E-state index contributed by atoms with van der Waals surface area (Å²) >= 11 is 2.70. The van der Waals surface area contributed by atoms with Crippen LogP contribution >= 0.6 is 22.7 Å². The van der Waals surface area contributed by atoms with Crippen LogP contribution in [-0.2, 0) is 23.1 Å². The third kappa shape index (κ3) is 3.32. The number of aliphatic hydroxyl groups is 1. The fourth-order valence-corrected chi connectivity index (χ4v) is 7.03. The maximum atomic E-state index is 13.3. The summed E-state index contributed by atoms with van der Waals surface area (Å²) in [6, 6.07) is 8.89. The van der Waals surface area contributed by atoms with E-state index in [-0.39, 0.29) is 18.7 Å². The average Bonchev–Trinajstić information content (AvgIpc) is 3.40. The molecule has 0 spiro atoms. The zero-order valence-corrected chi connectivity index (χ0v) is 17.9. The number of rotatable bonds is 6. The van der Waals surface area contributed by atoms with Gasteiger partial charge in [0.1, 0.15) is 9.22 Å². The summed E-state index contributed by atoms with van der Waals surface area (Å²) in [7, 11) is -3.65. The van der Waals surface area contributed by atoms with Gasteiger partial charge in [-0.1, -0.05) is 18.2 Å². The number of aromatic nitrogens is 1. The highest BCUT2D eigenvalue weighted by Crippen LogP contribution is 2.43. The van der Waals surface area contributed by atoms with Gasteiger partial charge in [0, 0.05) is 18.7 Å². The Morgan fingerprint density at radius 3 is 2.79 bits per heavy atom. The second-order valence-electron chi connectivity index (χ2n) is 6.86. The highest BCUT2D eigenvalue weighted by molar-refractivity contribution is 7.94. The maximum Gasteiger partial charge on any atom is 0.274 e. The summed E-state index contributed by atoms with van der Waals surface area (Å²) in [5.74, 6) is 0. The molecule has 2 N–H and O–H groups in total. The molecule has 0 amide bonds. The molecule has 3 heterocycles. The molecule has 0 aliphatic carbocycles. The highest BCUT2D eigenvalue weighted by Gasteiger charge is 2.34. The molecule has 1 aliphatic rings. The number of nitrogens with zero attached hydrogens (tertiary/aromatic N) is 2. The Morgan fingerprint density at radius 1 is 1.32 bits per heavy atom. The van der Waals surface area contributed by atoms with Gasteiger partial charge in [-0.25, -0.2) is 13.4 Å². The van der Waals surface area contributed by atoms with Crippen LogP contribution in [0.4, 0.5) is 11.4 Å². The number of thiophene rings is 1. The number of sulfonamides is 1. The molecule has 9 heteroatoms. The number of fused-ring (bicyclic) bond motifs is 1. The van der Waals surface area contributed by atoms with Crippen LogP contribution in [0.5, 0.6) is 0 Å². The van der Waals surface area contributed by atoms with E-state index in [4.69, 9.17) is 0 Å². The second-order valence-corrected chi connectivity index (χ2v) is 11.0. The average molecular weight is 436 g/mol. The highest BCUT2D eigenvalue weighted by atomic mass is 32.2. The van der Waals surface area contributed by atoms with Crippen molar-refractivity contribution in [2.24, 2.45) is 0 Å². The monoisotopic (exact) mass is 435 g/mol. The van der Waals surface area contributed by atoms with Crippen LogP contribution in [0.15, 0.2) is 46.1 Å². The zero-order chi connectivity index (χ0) is 19.9. The number of thiazole rings is 1. The van der Waals surface area contributed by atoms with E-state index in [1.807, 2.05) is 32.0 Å². The second kappa shape index (κ2) is 7.47. The van der Waals surface area contributed by atoms with Crippen LogP contribution in [-0.4, -0.2) is 24.6 Å². The third-order valence-corrected chi connectivity index (χ3v) is 9.07. The number of para-hydroxylation sites is 1. The quantitative estimate of drug-likeness (QED) is 0.611. The first-order valence-electron chi connectivity index (χ1n) is 8.93. The van der Waals surface area contributed by atoms with Gasteiger partial charge in [0.05, 0.1) is 28.9 Å². The molecule has 1 unspecified atom stereocenters. The molecule has 0 saturated heterocycles. The summed E-state index contributed by atoms with van der Waals surface area (Å²) < 4.78 is 28.4. The van der Waals surface area contributed by atoms with Crippen molar-refractivity contribution in [2.45, 2.75) is 43.2 Å². The molecule has 28 heavy (non-hydrogen) atoms. The van der Waals surface area contributed by atoms with Gasteiger partial charge in [0.25, 0.3) is 10.0 Å². The van der Waals surface area contributed by atoms with E-state index >= 15 is 0 Å². The Bertz CT molecular complexity index is 1080. The molecular weight excluding hydrogens is 414 g/mol. The normalized spacial score (nSPS) is 16.2. The molecule has 148 valence electrons. The summed E-state index contributed by atoms with van der Waals surface area (Å²) in [4.78, 5) is 5.23. The van der Waals surface area contributed by atoms with Crippen molar-refractivity contribution in [3.63, 3.8) is 0 Å². The molecular formula is C19H21N3O3S3. The Hall–Kier alpha value is -1.94. The number of nitrogens with one attached hydrogen (secondary N) is 1. The lowest BCUT2D eigenvalue weighted by atomic mass is 10.1. The van der Waals surface area contributed by atoms with E-state index in [0.717, 1.165) is 27.6 Å². The summed E-state index contributed by atoms with van der Waals surface area (Å²) in [5.41, 5.74) is 2.56. The molecule has 0 radical (unpaired) electrons. The van der Waals surface area contributed by atoms with Crippen molar-refractivity contribution in [2.75, 3.05) is 9.62 Å². The van der Waals surface area contributed by atoms with Gasteiger partial charge in [-0.15, -0.1) is 22.7 Å². The first kappa shape index (κ1) is 19.4. The largest absolute Gasteiger partial charge is 0.391 e. The van der Waals surface area contributed by atoms with E-state index < -0.39 is 10.0 Å². The van der Waals surface area contributed by atoms with E-state index in [0.29, 0.717) is 9.90 Å². The van der Waals surface area contributed by atoms with E-state index in [1.54, 1.807) is 23.7 Å². The van der Waals surface area contributed by atoms with Crippen LogP contribution < -0.4 is 9.62 Å². The minimum atomic E-state index is -3.65. The Morgan fingerprint density at radius 2 is 2.14 bits per heavy atom. The van der Waals surface area contributed by atoms with Crippen molar-refractivity contribution in [1.29, 1.82) is 0 Å². The van der Waals surface area contributed by atoms with Crippen molar-refractivity contribution in [3.8, 4) is 0 Å². The Kier molecular flexibility index (Phi) is 5.17. The van der Waals surface area contributed by atoms with Crippen molar-refractivity contribution in [1.82, 2.24) is 4.98 Å². The summed E-state index contributed by atoms with van der Waals surface area (Å²) in [6.07, 6.45) is 2.42. The number of aliphatic hydroxyl groups excluding tert-OH is 1. The molecule has 2 aromatic heterocycles. The maximum absolute atomic E-state index is 13.3. The van der Waals surface area contributed by atoms with Gasteiger partial charge >= 0.3 is 0 Å². The van der Waals surface area contributed by atoms with Crippen molar-refractivity contribution < 1.29 is 13.5 Å². The molecule has 0 saturated carbocycles. The predicted octanol–water partition coefficient (Wildman–Crippen LogP) is 4.01. The molecule has 1 aliphatic heterocycles. The molecule has 4 rings (SSSR count). The van der Waals surface area contributed by atoms with Gasteiger partial charge in [-0.05, 0) is 36.9 Å². The first-order chi connectivity index (χ1) is 13.4. The molecule has 3 aromatic rings. The van der Waals surface area contributed by atoms with Crippen LogP contribution in [0.25, 0.3) is 0 Å².